The van der Waals surface area contributed by atoms with E-state index in [1.807, 2.05) is 51.1 Å². The Hall–Kier alpha value is -2.59. The molecule has 0 saturated carbocycles. The molecule has 1 aromatic rings. The van der Waals surface area contributed by atoms with Crippen LogP contribution >= 0.6 is 0 Å². The predicted octanol–water partition coefficient (Wildman–Crippen LogP) is 1.59. The molecule has 10 heteroatoms. The average Bonchev–Trinajstić information content (AvgIpc) is 2.69. The van der Waals surface area contributed by atoms with E-state index in [0.29, 0.717) is 19.3 Å². The van der Waals surface area contributed by atoms with Crippen LogP contribution in [0.3, 0.4) is 0 Å². The van der Waals surface area contributed by atoms with Crippen molar-refractivity contribution in [1.82, 2.24) is 10.6 Å². The lowest BCUT2D eigenvalue weighted by Crippen LogP contribution is -2.52. The monoisotopic (exact) mass is 423 g/mol. The third-order valence-corrected chi connectivity index (χ3v) is 3.99. The SMILES string of the molecule is CCCCC(NC(=O)C(CC(C)C)NC(=O)OCc1ccccc1)C(=O)O.O[B]O. The highest BCUT2D eigenvalue weighted by atomic mass is 16.5. The van der Waals surface area contributed by atoms with Gasteiger partial charge in [-0.1, -0.05) is 63.9 Å². The number of nitrogens with one attached hydrogen (secondary N) is 2. The molecule has 1 aromatic carbocycles. The second-order valence-electron chi connectivity index (χ2n) is 7.05. The molecule has 0 aliphatic heterocycles. The average molecular weight is 423 g/mol. The Bertz CT molecular complexity index is 629. The van der Waals surface area contributed by atoms with Gasteiger partial charge in [-0.15, -0.1) is 0 Å². The Kier molecular flexibility index (Phi) is 14.8. The summed E-state index contributed by atoms with van der Waals surface area (Å²) in [6, 6.07) is 7.39. The van der Waals surface area contributed by atoms with Crippen LogP contribution in [0, 0.1) is 5.92 Å². The summed E-state index contributed by atoms with van der Waals surface area (Å²) in [6.07, 6.45) is 1.55. The molecule has 0 aromatic heterocycles. The zero-order chi connectivity index (χ0) is 22.9. The van der Waals surface area contributed by atoms with E-state index in [9.17, 15) is 19.5 Å². The Morgan fingerprint density at radius 2 is 1.67 bits per heavy atom. The molecule has 30 heavy (non-hydrogen) atoms. The van der Waals surface area contributed by atoms with Crippen LogP contribution in [-0.4, -0.2) is 52.9 Å². The zero-order valence-corrected chi connectivity index (χ0v) is 17.7. The van der Waals surface area contributed by atoms with Crippen LogP contribution in [0.25, 0.3) is 0 Å². The molecule has 0 aliphatic rings. The molecule has 2 atom stereocenters. The molecule has 5 N–H and O–H groups in total. The number of unbranched alkanes of at least 4 members (excludes halogenated alkanes) is 1. The van der Waals surface area contributed by atoms with E-state index in [1.54, 1.807) is 0 Å². The first-order valence-electron chi connectivity index (χ1n) is 9.85. The van der Waals surface area contributed by atoms with Crippen LogP contribution in [0.15, 0.2) is 30.3 Å². The van der Waals surface area contributed by atoms with E-state index in [4.69, 9.17) is 14.8 Å². The largest absolute Gasteiger partial charge is 0.482 e. The number of rotatable bonds is 11. The van der Waals surface area contributed by atoms with E-state index >= 15 is 0 Å². The molecule has 0 heterocycles. The van der Waals surface area contributed by atoms with E-state index in [0.717, 1.165) is 12.0 Å². The van der Waals surface area contributed by atoms with E-state index in [2.05, 4.69) is 10.6 Å². The van der Waals surface area contributed by atoms with Gasteiger partial charge in [-0.2, -0.15) is 0 Å². The van der Waals surface area contributed by atoms with Crippen molar-refractivity contribution >= 4 is 25.7 Å². The van der Waals surface area contributed by atoms with Crippen LogP contribution in [0.4, 0.5) is 4.79 Å². The smallest absolute Gasteiger partial charge is 0.480 e. The highest BCUT2D eigenvalue weighted by Gasteiger charge is 2.27. The number of amides is 2. The van der Waals surface area contributed by atoms with Crippen LogP contribution < -0.4 is 10.6 Å². The highest BCUT2D eigenvalue weighted by Crippen LogP contribution is 2.08. The molecule has 167 valence electrons. The number of carbonyl (C=O) groups excluding carboxylic acids is 2. The van der Waals surface area contributed by atoms with Crippen LogP contribution in [0.5, 0.6) is 0 Å². The lowest BCUT2D eigenvalue weighted by molar-refractivity contribution is -0.142. The molecule has 0 fully saturated rings. The van der Waals surface area contributed by atoms with Crippen molar-refractivity contribution in [2.75, 3.05) is 0 Å². The van der Waals surface area contributed by atoms with Crippen LogP contribution in [0.1, 0.15) is 52.0 Å². The van der Waals surface area contributed by atoms with Gasteiger partial charge in [0.1, 0.15) is 18.7 Å². The normalized spacial score (nSPS) is 12.1. The maximum Gasteiger partial charge on any atom is 0.482 e. The Morgan fingerprint density at radius 3 is 2.17 bits per heavy atom. The quantitative estimate of drug-likeness (QED) is 0.340. The van der Waals surface area contributed by atoms with Gasteiger partial charge in [0, 0.05) is 0 Å². The van der Waals surface area contributed by atoms with Gasteiger partial charge in [-0.3, -0.25) is 4.79 Å². The number of ether oxygens (including phenoxy) is 1. The van der Waals surface area contributed by atoms with Crippen molar-refractivity contribution in [2.24, 2.45) is 5.92 Å². The van der Waals surface area contributed by atoms with Gasteiger partial charge in [-0.25, -0.2) is 9.59 Å². The van der Waals surface area contributed by atoms with Gasteiger partial charge in [0.15, 0.2) is 0 Å². The van der Waals surface area contributed by atoms with E-state index in [-0.39, 0.29) is 20.2 Å². The number of carbonyl (C=O) groups is 3. The van der Waals surface area contributed by atoms with Crippen LogP contribution in [-0.2, 0) is 20.9 Å². The number of hydrogen-bond acceptors (Lipinski definition) is 6. The fraction of sp³-hybridized carbons (Fsp3) is 0.550. The molecule has 0 spiro atoms. The topological polar surface area (TPSA) is 145 Å². The minimum Gasteiger partial charge on any atom is -0.480 e. The van der Waals surface area contributed by atoms with Crippen molar-refractivity contribution in [3.63, 3.8) is 0 Å². The lowest BCUT2D eigenvalue weighted by atomic mass is 10.0. The molecule has 0 saturated heterocycles. The summed E-state index contributed by atoms with van der Waals surface area (Å²) in [5.74, 6) is -1.45. The zero-order valence-electron chi connectivity index (χ0n) is 17.7. The van der Waals surface area contributed by atoms with E-state index in [1.165, 1.54) is 0 Å². The Balaban J connectivity index is 0.00000263. The van der Waals surface area contributed by atoms with Crippen molar-refractivity contribution in [3.05, 3.63) is 35.9 Å². The number of alkyl carbamates (subject to hydrolysis) is 1. The third kappa shape index (κ3) is 12.8. The summed E-state index contributed by atoms with van der Waals surface area (Å²) in [6.45, 7) is 5.88. The molecule has 2 unspecified atom stereocenters. The number of aliphatic carboxylic acids is 1. The summed E-state index contributed by atoms with van der Waals surface area (Å²) in [4.78, 5) is 35.9. The van der Waals surface area contributed by atoms with Crippen LogP contribution in [0.2, 0.25) is 0 Å². The Morgan fingerprint density at radius 1 is 1.07 bits per heavy atom. The molecular formula is C20H32BN2O7. The second kappa shape index (κ2) is 16.2. The number of carboxylic acid groups (broad SMARTS) is 1. The minimum absolute atomic E-state index is 0. The highest BCUT2D eigenvalue weighted by molar-refractivity contribution is 6.13. The summed E-state index contributed by atoms with van der Waals surface area (Å²) >= 11 is 0. The maximum atomic E-state index is 12.5. The van der Waals surface area contributed by atoms with Crippen molar-refractivity contribution in [1.29, 1.82) is 0 Å². The van der Waals surface area contributed by atoms with Gasteiger partial charge >= 0.3 is 19.7 Å². The second-order valence-corrected chi connectivity index (χ2v) is 7.05. The Labute approximate surface area is 178 Å². The standard InChI is InChI=1S/C20H30N2O5.BH2O2/c1-4-5-11-16(19(24)25)21-18(23)17(12-14(2)3)22-20(26)27-13-15-9-7-6-8-10-15;2-1-3/h6-10,14,16-17H,4-5,11-13H2,1-3H3,(H,21,23)(H,22,26)(H,24,25);2-3H. The molecule has 9 nitrogen and oxygen atoms in total. The predicted molar refractivity (Wildman–Crippen MR) is 112 cm³/mol. The summed E-state index contributed by atoms with van der Waals surface area (Å²) < 4.78 is 5.16. The molecule has 0 bridgehead atoms. The van der Waals surface area contributed by atoms with Crippen molar-refractivity contribution in [3.8, 4) is 0 Å². The van der Waals surface area contributed by atoms with E-state index < -0.39 is 30.1 Å². The number of benzene rings is 1. The maximum absolute atomic E-state index is 12.5. The molecular weight excluding hydrogens is 391 g/mol. The summed E-state index contributed by atoms with van der Waals surface area (Å²) in [5.41, 5.74) is 0.836. The van der Waals surface area contributed by atoms with Crippen molar-refractivity contribution < 1.29 is 34.3 Å². The molecule has 1 rings (SSSR count). The number of carboxylic acids is 1. The number of hydrogen-bond donors (Lipinski definition) is 5. The fourth-order valence-electron chi connectivity index (χ4n) is 2.55. The first-order chi connectivity index (χ1) is 14.2. The first kappa shape index (κ1) is 27.4. The van der Waals surface area contributed by atoms with Gasteiger partial charge in [0.05, 0.1) is 0 Å². The lowest BCUT2D eigenvalue weighted by Gasteiger charge is -2.22. The first-order valence-corrected chi connectivity index (χ1v) is 9.85. The molecule has 0 aliphatic carbocycles. The van der Waals surface area contributed by atoms with Gasteiger partial charge < -0.3 is 30.5 Å². The summed E-state index contributed by atoms with van der Waals surface area (Å²) in [7, 11) is 0. The molecule has 2 amide bonds. The van der Waals surface area contributed by atoms with Gasteiger partial charge in [0.2, 0.25) is 5.91 Å². The fourth-order valence-corrected chi connectivity index (χ4v) is 2.55. The third-order valence-electron chi connectivity index (χ3n) is 3.99. The van der Waals surface area contributed by atoms with Gasteiger partial charge in [-0.05, 0) is 24.3 Å². The summed E-state index contributed by atoms with van der Waals surface area (Å²) in [5, 5.41) is 28.4. The van der Waals surface area contributed by atoms with Gasteiger partial charge in [0.25, 0.3) is 0 Å². The van der Waals surface area contributed by atoms with Crippen molar-refractivity contribution in [2.45, 2.75) is 65.1 Å². The minimum atomic E-state index is -1.08. The molecule has 1 radical (unpaired) electrons.